The Bertz CT molecular complexity index is 1150. The minimum atomic E-state index is -1.63. The van der Waals surface area contributed by atoms with Gasteiger partial charge in [0.25, 0.3) is 0 Å². The van der Waals surface area contributed by atoms with Crippen molar-refractivity contribution in [2.24, 2.45) is 17.6 Å². The van der Waals surface area contributed by atoms with Crippen molar-refractivity contribution in [1.82, 2.24) is 37.2 Å². The molecule has 48 heavy (non-hydrogen) atoms. The summed E-state index contributed by atoms with van der Waals surface area (Å²) in [5.41, 5.74) is 5.39. The predicted molar refractivity (Wildman–Crippen MR) is 167 cm³/mol. The summed E-state index contributed by atoms with van der Waals surface area (Å²) < 4.78 is 0. The van der Waals surface area contributed by atoms with Gasteiger partial charge in [0.2, 0.25) is 41.4 Å². The van der Waals surface area contributed by atoms with Crippen molar-refractivity contribution in [3.63, 3.8) is 0 Å². The molecule has 0 spiro atoms. The molecule has 0 aromatic heterocycles. The topological polar surface area (TPSA) is 328 Å². The molecule has 0 rings (SSSR count). The monoisotopic (exact) mass is 690 g/mol. The van der Waals surface area contributed by atoms with Crippen LogP contribution in [0.2, 0.25) is 0 Å². The van der Waals surface area contributed by atoms with E-state index in [1.165, 1.54) is 13.8 Å². The minimum absolute atomic E-state index is 0.0774. The normalized spacial score (nSPS) is 15.4. The molecule has 7 amide bonds. The van der Waals surface area contributed by atoms with Crippen LogP contribution >= 0.6 is 0 Å². The first-order chi connectivity index (χ1) is 22.3. The molecule has 0 aromatic rings. The van der Waals surface area contributed by atoms with Crippen LogP contribution < -0.4 is 43.0 Å². The van der Waals surface area contributed by atoms with Crippen molar-refractivity contribution in [2.75, 3.05) is 26.4 Å². The Morgan fingerprint density at radius 3 is 1.46 bits per heavy atom. The van der Waals surface area contributed by atoms with E-state index in [2.05, 4.69) is 37.2 Å². The quantitative estimate of drug-likeness (QED) is 0.0535. The summed E-state index contributed by atoms with van der Waals surface area (Å²) in [6, 6.07) is -9.22. The van der Waals surface area contributed by atoms with E-state index < -0.39 is 122 Å². The third-order valence-electron chi connectivity index (χ3n) is 6.68. The number of aliphatic hydroxyl groups excluding tert-OH is 3. The SMILES string of the molecule is CC(C)C[C@H](NC(=O)[C@H](CO)NC(=O)[C@H](CO)NC(=O)CNC(=O)[C@@H](NC(=O)[C@H](C)NC(=O)[C@H](C)NC(=O)[C@@H](N)CO)C(C)C)C(=O)O. The fourth-order valence-corrected chi connectivity index (χ4v) is 3.83. The van der Waals surface area contributed by atoms with Gasteiger partial charge in [0, 0.05) is 0 Å². The number of rotatable bonds is 21. The van der Waals surface area contributed by atoms with Gasteiger partial charge in [0.05, 0.1) is 26.4 Å². The lowest BCUT2D eigenvalue weighted by Crippen LogP contribution is -2.59. The van der Waals surface area contributed by atoms with E-state index in [-0.39, 0.29) is 12.3 Å². The summed E-state index contributed by atoms with van der Waals surface area (Å²) in [4.78, 5) is 98.7. The molecule has 0 heterocycles. The van der Waals surface area contributed by atoms with Crippen LogP contribution in [0.1, 0.15) is 48.0 Å². The Kier molecular flexibility index (Phi) is 19.5. The molecular formula is C28H50N8O12. The zero-order valence-electron chi connectivity index (χ0n) is 27.9. The molecule has 0 aliphatic rings. The summed E-state index contributed by atoms with van der Waals surface area (Å²) >= 11 is 0. The summed E-state index contributed by atoms with van der Waals surface area (Å²) in [5.74, 6) is -8.07. The number of carbonyl (C=O) groups is 8. The van der Waals surface area contributed by atoms with E-state index >= 15 is 0 Å². The summed E-state index contributed by atoms with van der Waals surface area (Å²) in [6.45, 7) is 6.10. The Labute approximate surface area is 277 Å². The number of nitrogens with two attached hydrogens (primary N) is 1. The molecule has 0 aliphatic carbocycles. The highest BCUT2D eigenvalue weighted by Crippen LogP contribution is 2.06. The molecule has 0 aromatic carbocycles. The zero-order valence-corrected chi connectivity index (χ0v) is 27.9. The number of aliphatic hydroxyl groups is 3. The molecule has 0 radical (unpaired) electrons. The van der Waals surface area contributed by atoms with Crippen molar-refractivity contribution in [2.45, 2.75) is 90.3 Å². The number of hydrogen-bond donors (Lipinski definition) is 12. The van der Waals surface area contributed by atoms with Crippen molar-refractivity contribution in [3.8, 4) is 0 Å². The Balaban J connectivity index is 5.15. The molecule has 20 heteroatoms. The number of carboxylic acid groups (broad SMARTS) is 1. The highest BCUT2D eigenvalue weighted by molar-refractivity contribution is 5.96. The van der Waals surface area contributed by atoms with Crippen LogP contribution in [0.15, 0.2) is 0 Å². The van der Waals surface area contributed by atoms with Gasteiger partial charge in [-0.15, -0.1) is 0 Å². The average Bonchev–Trinajstić information content (AvgIpc) is 3.01. The Hall–Kier alpha value is -4.40. The highest BCUT2D eigenvalue weighted by Gasteiger charge is 2.31. The smallest absolute Gasteiger partial charge is 0.326 e. The molecule has 0 fully saturated rings. The van der Waals surface area contributed by atoms with Gasteiger partial charge in [-0.2, -0.15) is 0 Å². The number of amides is 7. The largest absolute Gasteiger partial charge is 0.480 e. The van der Waals surface area contributed by atoms with Crippen molar-refractivity contribution < 1.29 is 58.8 Å². The molecule has 0 aliphatic heterocycles. The van der Waals surface area contributed by atoms with Crippen LogP contribution in [0.25, 0.3) is 0 Å². The maximum absolute atomic E-state index is 12.8. The first-order valence-corrected chi connectivity index (χ1v) is 15.2. The Morgan fingerprint density at radius 1 is 0.562 bits per heavy atom. The van der Waals surface area contributed by atoms with Gasteiger partial charge in [0.1, 0.15) is 42.3 Å². The van der Waals surface area contributed by atoms with E-state index in [0.717, 1.165) is 0 Å². The maximum atomic E-state index is 12.8. The van der Waals surface area contributed by atoms with Crippen LogP contribution in [-0.4, -0.2) is 136 Å². The third-order valence-corrected chi connectivity index (χ3v) is 6.68. The van der Waals surface area contributed by atoms with Crippen molar-refractivity contribution >= 4 is 47.3 Å². The molecule has 0 saturated carbocycles. The number of hydrogen-bond acceptors (Lipinski definition) is 12. The molecule has 13 N–H and O–H groups in total. The minimum Gasteiger partial charge on any atom is -0.480 e. The van der Waals surface area contributed by atoms with Crippen LogP contribution in [0.5, 0.6) is 0 Å². The summed E-state index contributed by atoms with van der Waals surface area (Å²) in [6.07, 6.45) is 0.0774. The zero-order chi connectivity index (χ0) is 37.3. The van der Waals surface area contributed by atoms with Crippen molar-refractivity contribution in [3.05, 3.63) is 0 Å². The van der Waals surface area contributed by atoms with Crippen LogP contribution in [0.3, 0.4) is 0 Å². The predicted octanol–water partition coefficient (Wildman–Crippen LogP) is -5.86. The van der Waals surface area contributed by atoms with Gasteiger partial charge in [0.15, 0.2) is 0 Å². The second kappa shape index (κ2) is 21.5. The molecular weight excluding hydrogens is 640 g/mol. The number of nitrogens with one attached hydrogen (secondary N) is 7. The molecule has 0 bridgehead atoms. The van der Waals surface area contributed by atoms with Crippen molar-refractivity contribution in [1.29, 1.82) is 0 Å². The van der Waals surface area contributed by atoms with E-state index in [1.807, 2.05) is 0 Å². The van der Waals surface area contributed by atoms with Gasteiger partial charge in [-0.1, -0.05) is 27.7 Å². The molecule has 0 unspecified atom stereocenters. The third kappa shape index (κ3) is 15.5. The van der Waals surface area contributed by atoms with Crippen LogP contribution in [0.4, 0.5) is 0 Å². The first kappa shape index (κ1) is 43.6. The van der Waals surface area contributed by atoms with Gasteiger partial charge in [-0.05, 0) is 32.1 Å². The van der Waals surface area contributed by atoms with E-state index in [4.69, 9.17) is 10.8 Å². The second-order valence-corrected chi connectivity index (χ2v) is 11.8. The van der Waals surface area contributed by atoms with E-state index in [1.54, 1.807) is 27.7 Å². The number of carboxylic acids is 1. The Morgan fingerprint density at radius 2 is 1.02 bits per heavy atom. The number of carbonyl (C=O) groups excluding carboxylic acids is 7. The van der Waals surface area contributed by atoms with E-state index in [0.29, 0.717) is 0 Å². The second-order valence-electron chi connectivity index (χ2n) is 11.8. The summed E-state index contributed by atoms with van der Waals surface area (Å²) in [7, 11) is 0. The first-order valence-electron chi connectivity index (χ1n) is 15.2. The van der Waals surface area contributed by atoms with Crippen LogP contribution in [0, 0.1) is 11.8 Å². The lowest BCUT2D eigenvalue weighted by atomic mass is 10.0. The van der Waals surface area contributed by atoms with Gasteiger partial charge >= 0.3 is 5.97 Å². The number of aliphatic carboxylic acids is 1. The van der Waals surface area contributed by atoms with E-state index in [9.17, 15) is 53.7 Å². The van der Waals surface area contributed by atoms with Gasteiger partial charge < -0.3 is 63.4 Å². The maximum Gasteiger partial charge on any atom is 0.326 e. The highest BCUT2D eigenvalue weighted by atomic mass is 16.4. The van der Waals surface area contributed by atoms with Crippen LogP contribution in [-0.2, 0) is 38.4 Å². The standard InChI is InChI=1S/C28H50N8O12/c1-12(2)7-17(28(47)48)34-26(45)19(11-39)35-25(44)18(10-38)33-20(40)8-30-27(46)21(13(3)4)36-23(42)15(6)31-22(41)14(5)32-24(43)16(29)9-37/h12-19,21,37-39H,7-11,29H2,1-6H3,(H,30,46)(H,31,41)(H,32,43)(H,33,40)(H,34,45)(H,35,44)(H,36,42)(H,47,48)/t14-,15-,16-,17-,18-,19-,21-/m0/s1. The van der Waals surface area contributed by atoms with Gasteiger partial charge in [-0.3, -0.25) is 33.6 Å². The molecule has 7 atom stereocenters. The lowest BCUT2D eigenvalue weighted by molar-refractivity contribution is -0.143. The lowest BCUT2D eigenvalue weighted by Gasteiger charge is -2.25. The average molecular weight is 691 g/mol. The fraction of sp³-hybridized carbons (Fsp3) is 0.714. The van der Waals surface area contributed by atoms with Gasteiger partial charge in [-0.25, -0.2) is 4.79 Å². The fourth-order valence-electron chi connectivity index (χ4n) is 3.83. The summed E-state index contributed by atoms with van der Waals surface area (Å²) in [5, 5.41) is 53.3. The molecule has 20 nitrogen and oxygen atoms in total. The molecule has 0 saturated heterocycles. The molecule has 274 valence electrons.